The monoisotopic (exact) mass is 275 g/mol. The Hall–Kier alpha value is -1.44. The smallest absolute Gasteiger partial charge is 0.550 e. The first-order valence-electron chi connectivity index (χ1n) is 5.08. The number of aliphatic carboxylic acids is 1. The number of nitro benzene ring substituents is 1. The molecule has 0 radical (unpaired) electrons. The van der Waals surface area contributed by atoms with Gasteiger partial charge in [-0.05, 0) is 12.5 Å². The number of nitro groups is 1. The minimum Gasteiger partial charge on any atom is -0.550 e. The van der Waals surface area contributed by atoms with Crippen LogP contribution in [0.4, 0.5) is 5.69 Å². The van der Waals surface area contributed by atoms with Crippen molar-refractivity contribution in [3.05, 3.63) is 39.9 Å². The van der Waals surface area contributed by atoms with E-state index < -0.39 is 23.3 Å². The molecule has 0 N–H and O–H groups in total. The SMILES string of the molecule is O=C([O-])CCC(=O)OCc1ccccc1[N+](=O)[O-].[Na+]. The molecule has 0 fully saturated rings. The van der Waals surface area contributed by atoms with Gasteiger partial charge in [0.05, 0.1) is 16.9 Å². The van der Waals surface area contributed by atoms with Gasteiger partial charge in [-0.15, -0.1) is 0 Å². The van der Waals surface area contributed by atoms with Crippen molar-refractivity contribution in [3.8, 4) is 0 Å². The van der Waals surface area contributed by atoms with Crippen molar-refractivity contribution in [2.75, 3.05) is 0 Å². The summed E-state index contributed by atoms with van der Waals surface area (Å²) in [6.07, 6.45) is -0.751. The molecule has 7 nitrogen and oxygen atoms in total. The Labute approximate surface area is 131 Å². The topological polar surface area (TPSA) is 110 Å². The Balaban J connectivity index is 0.00000324. The number of nitrogens with zero attached hydrogens (tertiary/aromatic N) is 1. The maximum atomic E-state index is 11.1. The second-order valence-electron chi connectivity index (χ2n) is 3.42. The molecule has 0 atom stereocenters. The molecule has 0 aliphatic carbocycles. The predicted molar refractivity (Wildman–Crippen MR) is 57.1 cm³/mol. The molecule has 0 aliphatic heterocycles. The quantitative estimate of drug-likeness (QED) is 0.239. The van der Waals surface area contributed by atoms with Crippen LogP contribution in [-0.2, 0) is 20.9 Å². The van der Waals surface area contributed by atoms with E-state index in [-0.39, 0.29) is 53.8 Å². The Kier molecular flexibility index (Phi) is 7.97. The molecule has 0 aliphatic rings. The fraction of sp³-hybridized carbons (Fsp3) is 0.273. The Morgan fingerprint density at radius 3 is 2.42 bits per heavy atom. The van der Waals surface area contributed by atoms with Gasteiger partial charge in [0.1, 0.15) is 6.61 Å². The van der Waals surface area contributed by atoms with Crippen molar-refractivity contribution < 1.29 is 53.9 Å². The first-order chi connectivity index (χ1) is 8.50. The van der Waals surface area contributed by atoms with Crippen LogP contribution in [0.3, 0.4) is 0 Å². The number of carbonyl (C=O) groups is 2. The number of benzene rings is 1. The summed E-state index contributed by atoms with van der Waals surface area (Å²) < 4.78 is 4.73. The van der Waals surface area contributed by atoms with Crippen LogP contribution in [0.25, 0.3) is 0 Å². The second-order valence-corrected chi connectivity index (χ2v) is 3.42. The van der Waals surface area contributed by atoms with E-state index in [1.165, 1.54) is 18.2 Å². The molecule has 19 heavy (non-hydrogen) atoms. The molecule has 1 rings (SSSR count). The maximum Gasteiger partial charge on any atom is 1.00 e. The first-order valence-corrected chi connectivity index (χ1v) is 5.08. The summed E-state index contributed by atoms with van der Waals surface area (Å²) in [4.78, 5) is 31.3. The fourth-order valence-corrected chi connectivity index (χ4v) is 1.25. The third-order valence-corrected chi connectivity index (χ3v) is 2.11. The molecular weight excluding hydrogens is 265 g/mol. The van der Waals surface area contributed by atoms with E-state index in [0.717, 1.165) is 0 Å². The largest absolute Gasteiger partial charge is 1.00 e. The predicted octanol–water partition coefficient (Wildman–Crippen LogP) is -2.83. The normalized spacial score (nSPS) is 9.26. The molecule has 96 valence electrons. The van der Waals surface area contributed by atoms with Crippen molar-refractivity contribution in [1.29, 1.82) is 0 Å². The van der Waals surface area contributed by atoms with Crippen LogP contribution >= 0.6 is 0 Å². The summed E-state index contributed by atoms with van der Waals surface area (Å²) in [7, 11) is 0. The molecule has 8 heteroatoms. The van der Waals surface area contributed by atoms with Gasteiger partial charge in [-0.3, -0.25) is 14.9 Å². The van der Waals surface area contributed by atoms with Crippen LogP contribution in [0.1, 0.15) is 18.4 Å². The van der Waals surface area contributed by atoms with E-state index in [0.29, 0.717) is 0 Å². The zero-order chi connectivity index (χ0) is 13.5. The summed E-state index contributed by atoms with van der Waals surface area (Å²) in [5, 5.41) is 20.8. The van der Waals surface area contributed by atoms with Crippen LogP contribution in [0, 0.1) is 10.1 Å². The number of carboxylic acids is 1. The molecule has 0 saturated carbocycles. The zero-order valence-corrected chi connectivity index (χ0v) is 12.3. The molecule has 0 heterocycles. The van der Waals surface area contributed by atoms with E-state index in [9.17, 15) is 24.8 Å². The van der Waals surface area contributed by atoms with Gasteiger partial charge in [0.15, 0.2) is 0 Å². The zero-order valence-electron chi connectivity index (χ0n) is 10.3. The third kappa shape index (κ3) is 6.32. The third-order valence-electron chi connectivity index (χ3n) is 2.11. The van der Waals surface area contributed by atoms with Gasteiger partial charge < -0.3 is 14.6 Å². The van der Waals surface area contributed by atoms with Crippen LogP contribution in [0.2, 0.25) is 0 Å². The molecule has 1 aromatic carbocycles. The van der Waals surface area contributed by atoms with Gasteiger partial charge >= 0.3 is 35.5 Å². The molecular formula is C11H10NNaO6. The average molecular weight is 275 g/mol. The van der Waals surface area contributed by atoms with Gasteiger partial charge in [-0.1, -0.05) is 12.1 Å². The number of para-hydroxylation sites is 1. The minimum absolute atomic E-state index is 0. The van der Waals surface area contributed by atoms with E-state index in [4.69, 9.17) is 4.74 Å². The number of carboxylic acid groups (broad SMARTS) is 1. The van der Waals surface area contributed by atoms with Gasteiger partial charge in [0.2, 0.25) is 0 Å². The molecule has 0 aromatic heterocycles. The summed E-state index contributed by atoms with van der Waals surface area (Å²) in [5.74, 6) is -2.09. The van der Waals surface area contributed by atoms with E-state index in [1.807, 2.05) is 0 Å². The number of hydrogen-bond acceptors (Lipinski definition) is 6. The molecule has 1 aromatic rings. The van der Waals surface area contributed by atoms with Crippen molar-refractivity contribution in [2.45, 2.75) is 19.4 Å². The number of hydrogen-bond donors (Lipinski definition) is 0. The Morgan fingerprint density at radius 2 is 1.84 bits per heavy atom. The summed E-state index contributed by atoms with van der Waals surface area (Å²) in [6.45, 7) is -0.261. The number of carbonyl (C=O) groups excluding carboxylic acids is 2. The van der Waals surface area contributed by atoms with Crippen LogP contribution in [0.15, 0.2) is 24.3 Å². The van der Waals surface area contributed by atoms with Gasteiger partial charge in [0, 0.05) is 12.0 Å². The number of rotatable bonds is 6. The average Bonchev–Trinajstić information content (AvgIpc) is 2.34. The molecule has 0 spiro atoms. The van der Waals surface area contributed by atoms with E-state index in [1.54, 1.807) is 6.07 Å². The molecule has 0 bridgehead atoms. The van der Waals surface area contributed by atoms with Gasteiger partial charge in [0.25, 0.3) is 5.69 Å². The van der Waals surface area contributed by atoms with Crippen molar-refractivity contribution in [1.82, 2.24) is 0 Å². The van der Waals surface area contributed by atoms with Crippen molar-refractivity contribution >= 4 is 17.6 Å². The standard InChI is InChI=1S/C11H11NO6.Na/c13-10(14)5-6-11(15)18-7-8-3-1-2-4-9(8)12(16)17;/h1-4H,5-7H2,(H,13,14);/q;+1/p-1. The summed E-state index contributed by atoms with van der Waals surface area (Å²) in [5.41, 5.74) is 0.106. The van der Waals surface area contributed by atoms with Crippen LogP contribution < -0.4 is 34.7 Å². The van der Waals surface area contributed by atoms with Crippen LogP contribution in [-0.4, -0.2) is 16.9 Å². The summed E-state index contributed by atoms with van der Waals surface area (Å²) >= 11 is 0. The number of ether oxygens (including phenoxy) is 1. The maximum absolute atomic E-state index is 11.1. The van der Waals surface area contributed by atoms with Gasteiger partial charge in [-0.2, -0.15) is 0 Å². The minimum atomic E-state index is -1.35. The van der Waals surface area contributed by atoms with Gasteiger partial charge in [-0.25, -0.2) is 0 Å². The van der Waals surface area contributed by atoms with Crippen LogP contribution in [0.5, 0.6) is 0 Å². The van der Waals surface area contributed by atoms with E-state index in [2.05, 4.69) is 0 Å². The fourth-order valence-electron chi connectivity index (χ4n) is 1.25. The molecule has 0 saturated heterocycles. The summed E-state index contributed by atoms with van der Waals surface area (Å²) in [6, 6.07) is 5.84. The van der Waals surface area contributed by atoms with Crippen molar-refractivity contribution in [2.24, 2.45) is 0 Å². The van der Waals surface area contributed by atoms with Crippen molar-refractivity contribution in [3.63, 3.8) is 0 Å². The molecule has 0 unspecified atom stereocenters. The second kappa shape index (κ2) is 8.63. The number of esters is 1. The van der Waals surface area contributed by atoms with E-state index >= 15 is 0 Å². The first kappa shape index (κ1) is 17.6. The Bertz CT molecular complexity index is 476. The Morgan fingerprint density at radius 1 is 1.21 bits per heavy atom. The molecule has 0 amide bonds.